The summed E-state index contributed by atoms with van der Waals surface area (Å²) >= 11 is 1.68. The van der Waals surface area contributed by atoms with Gasteiger partial charge in [-0.2, -0.15) is 0 Å². The summed E-state index contributed by atoms with van der Waals surface area (Å²) in [4.78, 5) is 10.8. The third kappa shape index (κ3) is 2.96. The van der Waals surface area contributed by atoms with Gasteiger partial charge in [0, 0.05) is 39.3 Å². The molecule has 19 heavy (non-hydrogen) atoms. The van der Waals surface area contributed by atoms with Crippen LogP contribution in [0.2, 0.25) is 0 Å². The second-order valence-electron chi connectivity index (χ2n) is 5.32. The molecule has 0 unspecified atom stereocenters. The molecular formula is C13H21N5S. The molecule has 5 nitrogen and oxygen atoms in total. The maximum absolute atomic E-state index is 4.41. The second-order valence-corrected chi connectivity index (χ2v) is 6.21. The van der Waals surface area contributed by atoms with Crippen LogP contribution in [0.15, 0.2) is 17.8 Å². The van der Waals surface area contributed by atoms with Crippen LogP contribution in [0.3, 0.4) is 0 Å². The van der Waals surface area contributed by atoms with E-state index in [2.05, 4.69) is 33.7 Å². The summed E-state index contributed by atoms with van der Waals surface area (Å²) in [5.74, 6) is 0.962. The summed E-state index contributed by atoms with van der Waals surface area (Å²) in [5, 5.41) is 6.65. The Kier molecular flexibility index (Phi) is 3.91. The van der Waals surface area contributed by atoms with Crippen LogP contribution < -0.4 is 10.2 Å². The highest BCUT2D eigenvalue weighted by atomic mass is 32.1. The molecule has 0 bridgehead atoms. The molecule has 0 atom stereocenters. The number of anilines is 1. The van der Waals surface area contributed by atoms with Crippen molar-refractivity contribution in [2.45, 2.75) is 25.9 Å². The fourth-order valence-electron chi connectivity index (χ4n) is 1.93. The van der Waals surface area contributed by atoms with E-state index < -0.39 is 0 Å². The molecule has 1 N–H and O–H groups in total. The van der Waals surface area contributed by atoms with Crippen LogP contribution >= 0.6 is 11.3 Å². The lowest BCUT2D eigenvalue weighted by Gasteiger charge is -2.24. The highest BCUT2D eigenvalue weighted by Crippen LogP contribution is 2.22. The molecule has 104 valence electrons. The Hall–Kier alpha value is -1.40. The van der Waals surface area contributed by atoms with Gasteiger partial charge < -0.3 is 14.8 Å². The third-order valence-corrected chi connectivity index (χ3v) is 4.24. The summed E-state index contributed by atoms with van der Waals surface area (Å²) in [6.07, 6.45) is 3.76. The molecule has 0 saturated carbocycles. The minimum atomic E-state index is -0.128. The minimum Gasteiger partial charge on any atom is -0.348 e. The van der Waals surface area contributed by atoms with E-state index in [0.29, 0.717) is 0 Å². The molecule has 0 saturated heterocycles. The quantitative estimate of drug-likeness (QED) is 0.909. The van der Waals surface area contributed by atoms with Gasteiger partial charge in [-0.15, -0.1) is 11.3 Å². The van der Waals surface area contributed by atoms with Crippen molar-refractivity contribution in [3.05, 3.63) is 28.5 Å². The molecule has 0 aliphatic heterocycles. The molecule has 0 radical (unpaired) electrons. The lowest BCUT2D eigenvalue weighted by Crippen LogP contribution is -2.36. The van der Waals surface area contributed by atoms with E-state index in [1.54, 1.807) is 11.3 Å². The maximum atomic E-state index is 4.41. The fourth-order valence-corrected chi connectivity index (χ4v) is 2.67. The zero-order valence-electron chi connectivity index (χ0n) is 12.1. The molecule has 0 aliphatic carbocycles. The van der Waals surface area contributed by atoms with Crippen molar-refractivity contribution >= 4 is 17.3 Å². The molecule has 0 aliphatic rings. The van der Waals surface area contributed by atoms with E-state index in [-0.39, 0.29) is 5.54 Å². The number of nitrogens with zero attached hydrogens (tertiary/aromatic N) is 4. The van der Waals surface area contributed by atoms with Gasteiger partial charge in [-0.25, -0.2) is 9.97 Å². The van der Waals surface area contributed by atoms with Crippen molar-refractivity contribution in [2.24, 2.45) is 7.05 Å². The molecular weight excluding hydrogens is 258 g/mol. The van der Waals surface area contributed by atoms with Gasteiger partial charge in [-0.1, -0.05) is 0 Å². The van der Waals surface area contributed by atoms with Crippen LogP contribution in [0.1, 0.15) is 24.5 Å². The van der Waals surface area contributed by atoms with Crippen LogP contribution in [-0.2, 0) is 19.1 Å². The second kappa shape index (κ2) is 5.30. The molecule has 6 heteroatoms. The first kappa shape index (κ1) is 14.0. The van der Waals surface area contributed by atoms with Gasteiger partial charge in [0.2, 0.25) is 5.95 Å². The number of aromatic nitrogens is 3. The van der Waals surface area contributed by atoms with Gasteiger partial charge in [0.25, 0.3) is 0 Å². The van der Waals surface area contributed by atoms with E-state index in [0.717, 1.165) is 23.2 Å². The molecule has 2 aromatic rings. The first-order valence-corrected chi connectivity index (χ1v) is 7.12. The molecule has 0 aromatic carbocycles. The van der Waals surface area contributed by atoms with Gasteiger partial charge in [0.1, 0.15) is 5.01 Å². The lowest BCUT2D eigenvalue weighted by molar-refractivity contribution is 0.394. The van der Waals surface area contributed by atoms with Crippen molar-refractivity contribution in [1.82, 2.24) is 19.9 Å². The number of thiazole rings is 1. The highest BCUT2D eigenvalue weighted by molar-refractivity contribution is 7.09. The summed E-state index contributed by atoms with van der Waals surface area (Å²) in [6.45, 7) is 5.06. The molecule has 0 fully saturated rings. The average molecular weight is 279 g/mol. The SMILES string of the molecule is CN(C)c1ncc(CNC(C)(C)c2nccs2)n1C. The Labute approximate surface area is 118 Å². The Bertz CT molecular complexity index is 527. The maximum Gasteiger partial charge on any atom is 0.204 e. The molecule has 2 rings (SSSR count). The first-order valence-electron chi connectivity index (χ1n) is 6.25. The summed E-state index contributed by atoms with van der Waals surface area (Å²) in [6, 6.07) is 0. The Morgan fingerprint density at radius 2 is 2.11 bits per heavy atom. The zero-order valence-corrected chi connectivity index (χ0v) is 13.0. The van der Waals surface area contributed by atoms with Crippen molar-refractivity contribution in [1.29, 1.82) is 0 Å². The van der Waals surface area contributed by atoms with Crippen LogP contribution in [0, 0.1) is 0 Å². The predicted molar refractivity (Wildman–Crippen MR) is 79.5 cm³/mol. The van der Waals surface area contributed by atoms with E-state index in [1.807, 2.05) is 43.8 Å². The molecule has 0 spiro atoms. The highest BCUT2D eigenvalue weighted by Gasteiger charge is 2.23. The van der Waals surface area contributed by atoms with E-state index in [1.165, 1.54) is 0 Å². The van der Waals surface area contributed by atoms with E-state index >= 15 is 0 Å². The number of hydrogen-bond acceptors (Lipinski definition) is 5. The summed E-state index contributed by atoms with van der Waals surface area (Å²) in [7, 11) is 6.04. The largest absolute Gasteiger partial charge is 0.348 e. The van der Waals surface area contributed by atoms with Crippen molar-refractivity contribution in [3.63, 3.8) is 0 Å². The first-order chi connectivity index (χ1) is 8.92. The summed E-state index contributed by atoms with van der Waals surface area (Å²) < 4.78 is 2.10. The fraction of sp³-hybridized carbons (Fsp3) is 0.538. The zero-order chi connectivity index (χ0) is 14.0. The molecule has 2 aromatic heterocycles. The van der Waals surface area contributed by atoms with Crippen LogP contribution in [0.25, 0.3) is 0 Å². The molecule has 0 amide bonds. The third-order valence-electron chi connectivity index (χ3n) is 3.14. The van der Waals surface area contributed by atoms with Gasteiger partial charge in [-0.3, -0.25) is 0 Å². The number of rotatable bonds is 5. The topological polar surface area (TPSA) is 46.0 Å². The van der Waals surface area contributed by atoms with E-state index in [4.69, 9.17) is 0 Å². The van der Waals surface area contributed by atoms with Crippen molar-refractivity contribution < 1.29 is 0 Å². The Balaban J connectivity index is 2.07. The summed E-state index contributed by atoms with van der Waals surface area (Å²) in [5.41, 5.74) is 1.03. The standard InChI is InChI=1S/C13H21N5S/c1-13(2,11-14-6-7-19-11)16-9-10-8-15-12(17(3)4)18(10)5/h6-8,16H,9H2,1-5H3. The Morgan fingerprint density at radius 3 is 2.63 bits per heavy atom. The minimum absolute atomic E-state index is 0.128. The monoisotopic (exact) mass is 279 g/mol. The van der Waals surface area contributed by atoms with Gasteiger partial charge in [0.05, 0.1) is 17.4 Å². The number of nitrogens with one attached hydrogen (secondary N) is 1. The van der Waals surface area contributed by atoms with Gasteiger partial charge >= 0.3 is 0 Å². The normalized spacial score (nSPS) is 11.8. The van der Waals surface area contributed by atoms with Crippen LogP contribution in [0.4, 0.5) is 5.95 Å². The van der Waals surface area contributed by atoms with E-state index in [9.17, 15) is 0 Å². The lowest BCUT2D eigenvalue weighted by atomic mass is 10.1. The van der Waals surface area contributed by atoms with Gasteiger partial charge in [0.15, 0.2) is 0 Å². The van der Waals surface area contributed by atoms with Crippen molar-refractivity contribution in [2.75, 3.05) is 19.0 Å². The smallest absolute Gasteiger partial charge is 0.204 e. The van der Waals surface area contributed by atoms with Gasteiger partial charge in [-0.05, 0) is 13.8 Å². The van der Waals surface area contributed by atoms with Crippen molar-refractivity contribution in [3.8, 4) is 0 Å². The van der Waals surface area contributed by atoms with Crippen LogP contribution in [-0.4, -0.2) is 28.6 Å². The van der Waals surface area contributed by atoms with Crippen LogP contribution in [0.5, 0.6) is 0 Å². The number of imidazole rings is 1. The predicted octanol–water partition coefficient (Wildman–Crippen LogP) is 1.97. The molecule has 2 heterocycles. The Morgan fingerprint density at radius 1 is 1.37 bits per heavy atom. The number of hydrogen-bond donors (Lipinski definition) is 1. The average Bonchev–Trinajstić information content (AvgIpc) is 2.95.